The fourth-order valence-electron chi connectivity index (χ4n) is 2.93. The summed E-state index contributed by atoms with van der Waals surface area (Å²) in [6, 6.07) is -0.261. The lowest BCUT2D eigenvalue weighted by Gasteiger charge is -2.18. The largest absolute Gasteiger partial charge is 0.401 e. The van der Waals surface area contributed by atoms with E-state index in [-0.39, 0.29) is 24.0 Å². The van der Waals surface area contributed by atoms with Gasteiger partial charge < -0.3 is 15.4 Å². The zero-order chi connectivity index (χ0) is 15.5. The first-order valence-electron chi connectivity index (χ1n) is 7.20. The smallest absolute Gasteiger partial charge is 0.380 e. The van der Waals surface area contributed by atoms with Crippen molar-refractivity contribution in [1.82, 2.24) is 15.5 Å². The summed E-state index contributed by atoms with van der Waals surface area (Å²) < 4.78 is 42.0. The molecule has 0 aliphatic carbocycles. The average Bonchev–Trinajstić information content (AvgIpc) is 3.02. The van der Waals surface area contributed by atoms with Gasteiger partial charge in [-0.25, -0.2) is 0 Å². The molecule has 2 fully saturated rings. The third-order valence-electron chi connectivity index (χ3n) is 4.08. The number of halogens is 3. The van der Waals surface area contributed by atoms with Crippen molar-refractivity contribution in [1.29, 1.82) is 0 Å². The fraction of sp³-hybridized carbons (Fsp3) is 0.923. The minimum absolute atomic E-state index is 0.0505. The first-order valence-corrected chi connectivity index (χ1v) is 7.20. The van der Waals surface area contributed by atoms with Gasteiger partial charge in [0.15, 0.2) is 0 Å². The topological polar surface area (TPSA) is 53.6 Å². The highest BCUT2D eigenvalue weighted by molar-refractivity contribution is 5.82. The number of methoxy groups -OCH3 is 1. The minimum atomic E-state index is -4.15. The van der Waals surface area contributed by atoms with E-state index in [0.717, 1.165) is 0 Å². The van der Waals surface area contributed by atoms with Crippen LogP contribution in [0.1, 0.15) is 12.8 Å². The van der Waals surface area contributed by atoms with Gasteiger partial charge in [0, 0.05) is 26.7 Å². The lowest BCUT2D eigenvalue weighted by Crippen LogP contribution is -2.42. The molecule has 2 aliphatic heterocycles. The zero-order valence-electron chi connectivity index (χ0n) is 12.1. The van der Waals surface area contributed by atoms with E-state index in [1.165, 1.54) is 4.90 Å². The molecule has 2 rings (SSSR count). The number of alkyl halides is 3. The van der Waals surface area contributed by atoms with Crippen LogP contribution < -0.4 is 10.6 Å². The monoisotopic (exact) mass is 309 g/mol. The standard InChI is InChI=1S/C13H22F3N3O2/c1-21-10-4-11(17-6-10)12(20)18-5-9-2-3-19(7-9)8-13(14,15)16/h9-11,17H,2-8H2,1H3,(H,18,20). The number of carbonyl (C=O) groups is 1. The molecule has 3 unspecified atom stereocenters. The molecule has 21 heavy (non-hydrogen) atoms. The van der Waals surface area contributed by atoms with Gasteiger partial charge in [-0.3, -0.25) is 9.69 Å². The van der Waals surface area contributed by atoms with Gasteiger partial charge in [0.25, 0.3) is 0 Å². The summed E-state index contributed by atoms with van der Waals surface area (Å²) >= 11 is 0. The molecule has 8 heteroatoms. The molecule has 0 aromatic carbocycles. The highest BCUT2D eigenvalue weighted by atomic mass is 19.4. The van der Waals surface area contributed by atoms with E-state index in [4.69, 9.17) is 4.74 Å². The Morgan fingerprint density at radius 3 is 2.86 bits per heavy atom. The lowest BCUT2D eigenvalue weighted by molar-refractivity contribution is -0.143. The Kier molecular flexibility index (Phi) is 5.45. The Hall–Kier alpha value is -0.860. The van der Waals surface area contributed by atoms with Crippen molar-refractivity contribution in [3.63, 3.8) is 0 Å². The van der Waals surface area contributed by atoms with Crippen LogP contribution in [-0.4, -0.2) is 69.0 Å². The van der Waals surface area contributed by atoms with E-state index in [1.807, 2.05) is 0 Å². The normalized spacial score (nSPS) is 30.8. The number of rotatable bonds is 5. The Morgan fingerprint density at radius 2 is 2.24 bits per heavy atom. The Morgan fingerprint density at radius 1 is 1.48 bits per heavy atom. The van der Waals surface area contributed by atoms with Gasteiger partial charge in [0.05, 0.1) is 18.7 Å². The third kappa shape index (κ3) is 5.12. The van der Waals surface area contributed by atoms with Crippen LogP contribution in [0, 0.1) is 5.92 Å². The molecule has 0 spiro atoms. The fourth-order valence-corrected chi connectivity index (χ4v) is 2.93. The van der Waals surface area contributed by atoms with Gasteiger partial charge >= 0.3 is 6.18 Å². The van der Waals surface area contributed by atoms with Crippen molar-refractivity contribution in [2.75, 3.05) is 39.8 Å². The summed E-state index contributed by atoms with van der Waals surface area (Å²) in [6.45, 7) is 1.05. The van der Waals surface area contributed by atoms with Crippen molar-refractivity contribution < 1.29 is 22.7 Å². The number of nitrogens with one attached hydrogen (secondary N) is 2. The quantitative estimate of drug-likeness (QED) is 0.770. The molecule has 0 saturated carbocycles. The zero-order valence-corrected chi connectivity index (χ0v) is 12.1. The van der Waals surface area contributed by atoms with Crippen molar-refractivity contribution in [2.24, 2.45) is 5.92 Å². The molecule has 2 heterocycles. The lowest BCUT2D eigenvalue weighted by atomic mass is 10.1. The maximum Gasteiger partial charge on any atom is 0.401 e. The third-order valence-corrected chi connectivity index (χ3v) is 4.08. The molecule has 2 aliphatic rings. The summed E-state index contributed by atoms with van der Waals surface area (Å²) in [5.74, 6) is -0.000235. The van der Waals surface area contributed by atoms with E-state index in [0.29, 0.717) is 39.0 Å². The maximum atomic E-state index is 12.3. The number of nitrogens with zero attached hydrogens (tertiary/aromatic N) is 1. The highest BCUT2D eigenvalue weighted by Gasteiger charge is 2.35. The molecule has 2 N–H and O–H groups in total. The summed E-state index contributed by atoms with van der Waals surface area (Å²) in [5.41, 5.74) is 0. The Bertz CT molecular complexity index is 365. The van der Waals surface area contributed by atoms with Crippen LogP contribution in [0.5, 0.6) is 0 Å². The van der Waals surface area contributed by atoms with Crippen molar-refractivity contribution in [3.05, 3.63) is 0 Å². The number of amides is 1. The SMILES string of the molecule is COC1CNC(C(=O)NCC2CCN(CC(F)(F)F)C2)C1. The van der Waals surface area contributed by atoms with E-state index in [2.05, 4.69) is 10.6 Å². The number of carbonyl (C=O) groups excluding carboxylic acids is 1. The van der Waals surface area contributed by atoms with Gasteiger partial charge in [-0.05, 0) is 25.3 Å². The summed E-state index contributed by atoms with van der Waals surface area (Å²) in [6.07, 6.45) is -2.78. The second kappa shape index (κ2) is 6.93. The summed E-state index contributed by atoms with van der Waals surface area (Å²) in [4.78, 5) is 13.3. The molecule has 5 nitrogen and oxygen atoms in total. The van der Waals surface area contributed by atoms with Gasteiger partial charge in [-0.2, -0.15) is 13.2 Å². The molecule has 0 aromatic rings. The van der Waals surface area contributed by atoms with E-state index in [1.54, 1.807) is 7.11 Å². The van der Waals surface area contributed by atoms with Gasteiger partial charge in [0.1, 0.15) is 0 Å². The van der Waals surface area contributed by atoms with Gasteiger partial charge in [-0.1, -0.05) is 0 Å². The predicted octanol–water partition coefficient (Wildman–Crippen LogP) is 0.364. The molecule has 0 radical (unpaired) electrons. The molecule has 1 amide bonds. The van der Waals surface area contributed by atoms with E-state index >= 15 is 0 Å². The number of hydrogen-bond acceptors (Lipinski definition) is 4. The van der Waals surface area contributed by atoms with Gasteiger partial charge in [-0.15, -0.1) is 0 Å². The van der Waals surface area contributed by atoms with Crippen LogP contribution in [0.4, 0.5) is 13.2 Å². The first kappa shape index (κ1) is 16.5. The molecule has 2 saturated heterocycles. The van der Waals surface area contributed by atoms with Crippen molar-refractivity contribution in [3.8, 4) is 0 Å². The van der Waals surface area contributed by atoms with Gasteiger partial charge in [0.2, 0.25) is 5.91 Å². The number of ether oxygens (including phenoxy) is 1. The van der Waals surface area contributed by atoms with E-state index < -0.39 is 12.7 Å². The van der Waals surface area contributed by atoms with Crippen LogP contribution in [0.15, 0.2) is 0 Å². The van der Waals surface area contributed by atoms with Crippen LogP contribution in [0.2, 0.25) is 0 Å². The predicted molar refractivity (Wildman–Crippen MR) is 70.8 cm³/mol. The number of likely N-dealkylation sites (tertiary alicyclic amines) is 1. The molecular weight excluding hydrogens is 287 g/mol. The summed E-state index contributed by atoms with van der Waals surface area (Å²) in [7, 11) is 1.61. The Labute approximate surface area is 122 Å². The first-order chi connectivity index (χ1) is 9.87. The summed E-state index contributed by atoms with van der Waals surface area (Å²) in [5, 5.41) is 5.91. The molecular formula is C13H22F3N3O2. The van der Waals surface area contributed by atoms with Crippen LogP contribution in [0.3, 0.4) is 0 Å². The maximum absolute atomic E-state index is 12.3. The van der Waals surface area contributed by atoms with Crippen molar-refractivity contribution in [2.45, 2.75) is 31.2 Å². The highest BCUT2D eigenvalue weighted by Crippen LogP contribution is 2.22. The molecule has 0 aromatic heterocycles. The molecule has 0 bridgehead atoms. The minimum Gasteiger partial charge on any atom is -0.380 e. The van der Waals surface area contributed by atoms with E-state index in [9.17, 15) is 18.0 Å². The molecule has 122 valence electrons. The van der Waals surface area contributed by atoms with Crippen molar-refractivity contribution >= 4 is 5.91 Å². The second-order valence-electron chi connectivity index (χ2n) is 5.80. The second-order valence-corrected chi connectivity index (χ2v) is 5.80. The van der Waals surface area contributed by atoms with Crippen LogP contribution >= 0.6 is 0 Å². The van der Waals surface area contributed by atoms with Crippen LogP contribution in [-0.2, 0) is 9.53 Å². The average molecular weight is 309 g/mol. The molecule has 3 atom stereocenters. The Balaban J connectivity index is 1.66. The van der Waals surface area contributed by atoms with Crippen LogP contribution in [0.25, 0.3) is 0 Å². The number of hydrogen-bond donors (Lipinski definition) is 2.